The van der Waals surface area contributed by atoms with Crippen LogP contribution in [-0.2, 0) is 14.4 Å². The van der Waals surface area contributed by atoms with Crippen molar-refractivity contribution in [3.8, 4) is 0 Å². The maximum atomic E-state index is 10.9. The summed E-state index contributed by atoms with van der Waals surface area (Å²) in [5, 5.41) is 35.7. The largest absolute Gasteiger partial charge is 0.480 e. The molecule has 0 aromatic heterocycles. The van der Waals surface area contributed by atoms with Crippen molar-refractivity contribution in [2.24, 2.45) is 17.8 Å². The zero-order chi connectivity index (χ0) is 18.4. The fourth-order valence-electron chi connectivity index (χ4n) is 3.84. The number of carboxylic acids is 3. The first-order valence-electron chi connectivity index (χ1n) is 8.00. The molecule has 0 amide bonds. The van der Waals surface area contributed by atoms with Crippen LogP contribution >= 0.6 is 0 Å². The monoisotopic (exact) mass is 345 g/mol. The molecule has 1 aliphatic rings. The molecule has 0 radical (unpaired) electrons. The summed E-state index contributed by atoms with van der Waals surface area (Å²) < 4.78 is 0. The summed E-state index contributed by atoms with van der Waals surface area (Å²) in [6.07, 6.45) is 0. The fourth-order valence-corrected chi connectivity index (χ4v) is 3.84. The Morgan fingerprint density at radius 2 is 0.833 bits per heavy atom. The van der Waals surface area contributed by atoms with Gasteiger partial charge in [-0.3, -0.25) is 14.4 Å². The first-order chi connectivity index (χ1) is 11.1. The minimum Gasteiger partial charge on any atom is -0.480 e. The Balaban J connectivity index is 2.94. The third-order valence-electron chi connectivity index (χ3n) is 4.87. The Hall–Kier alpha value is -1.71. The maximum Gasteiger partial charge on any atom is 0.317 e. The van der Waals surface area contributed by atoms with Crippen molar-refractivity contribution in [2.45, 2.75) is 38.9 Å². The Kier molecular flexibility index (Phi) is 7.59. The number of nitrogens with one attached hydrogen (secondary N) is 3. The summed E-state index contributed by atoms with van der Waals surface area (Å²) in [4.78, 5) is 32.6. The first-order valence-corrected chi connectivity index (χ1v) is 8.00. The van der Waals surface area contributed by atoms with Gasteiger partial charge in [0, 0.05) is 18.1 Å². The molecule has 138 valence electrons. The normalized spacial score (nSPS) is 33.1. The van der Waals surface area contributed by atoms with E-state index in [1.54, 1.807) is 0 Å². The third kappa shape index (κ3) is 5.43. The van der Waals surface area contributed by atoms with E-state index in [4.69, 9.17) is 15.3 Å². The predicted molar refractivity (Wildman–Crippen MR) is 85.8 cm³/mol. The molecule has 0 saturated heterocycles. The van der Waals surface area contributed by atoms with Crippen LogP contribution in [-0.4, -0.2) is 71.0 Å². The van der Waals surface area contributed by atoms with Crippen molar-refractivity contribution in [1.29, 1.82) is 0 Å². The minimum absolute atomic E-state index is 0.0171. The van der Waals surface area contributed by atoms with E-state index < -0.39 is 17.9 Å². The van der Waals surface area contributed by atoms with E-state index >= 15 is 0 Å². The number of hydrogen-bond donors (Lipinski definition) is 6. The molecular weight excluding hydrogens is 318 g/mol. The molecule has 9 heteroatoms. The molecule has 0 aromatic rings. The molecule has 6 N–H and O–H groups in total. The second-order valence-corrected chi connectivity index (χ2v) is 6.48. The molecule has 0 aliphatic heterocycles. The zero-order valence-corrected chi connectivity index (χ0v) is 14.2. The van der Waals surface area contributed by atoms with E-state index in [2.05, 4.69) is 16.0 Å². The average Bonchev–Trinajstić information content (AvgIpc) is 2.45. The number of carbonyl (C=O) groups is 3. The topological polar surface area (TPSA) is 148 Å². The van der Waals surface area contributed by atoms with Crippen molar-refractivity contribution < 1.29 is 29.7 Å². The summed E-state index contributed by atoms with van der Waals surface area (Å²) in [6, 6.07) is -0.556. The van der Waals surface area contributed by atoms with E-state index in [1.165, 1.54) is 0 Å². The zero-order valence-electron chi connectivity index (χ0n) is 14.2. The van der Waals surface area contributed by atoms with Crippen LogP contribution in [0.15, 0.2) is 0 Å². The van der Waals surface area contributed by atoms with Crippen LogP contribution in [0.5, 0.6) is 0 Å². The maximum absolute atomic E-state index is 10.9. The van der Waals surface area contributed by atoms with Gasteiger partial charge in [-0.2, -0.15) is 0 Å². The number of hydrogen-bond acceptors (Lipinski definition) is 6. The van der Waals surface area contributed by atoms with Gasteiger partial charge in [-0.25, -0.2) is 0 Å². The van der Waals surface area contributed by atoms with E-state index in [0.717, 1.165) is 0 Å². The Bertz CT molecular complexity index is 394. The van der Waals surface area contributed by atoms with Gasteiger partial charge in [-0.05, 0) is 17.8 Å². The van der Waals surface area contributed by atoms with E-state index in [-0.39, 0.29) is 55.5 Å². The summed E-state index contributed by atoms with van der Waals surface area (Å²) in [5.74, 6) is -2.97. The Labute approximate surface area is 140 Å². The molecule has 1 saturated carbocycles. The quantitative estimate of drug-likeness (QED) is 0.311. The highest BCUT2D eigenvalue weighted by molar-refractivity contribution is 5.69. The van der Waals surface area contributed by atoms with E-state index in [9.17, 15) is 14.4 Å². The number of aliphatic carboxylic acids is 3. The molecule has 9 nitrogen and oxygen atoms in total. The van der Waals surface area contributed by atoms with Gasteiger partial charge in [0.25, 0.3) is 0 Å². The molecule has 0 bridgehead atoms. The van der Waals surface area contributed by atoms with Crippen LogP contribution in [0.1, 0.15) is 20.8 Å². The lowest BCUT2D eigenvalue weighted by Crippen LogP contribution is -2.65. The van der Waals surface area contributed by atoms with Gasteiger partial charge in [-0.1, -0.05) is 20.8 Å². The molecule has 0 atom stereocenters. The van der Waals surface area contributed by atoms with E-state index in [0.29, 0.717) is 0 Å². The SMILES string of the molecule is CC1C(NCC(=O)O)C(C)C(NCC(=O)O)C(C)C1NCC(=O)O. The van der Waals surface area contributed by atoms with Crippen LogP contribution in [0.2, 0.25) is 0 Å². The molecule has 1 aliphatic carbocycles. The lowest BCUT2D eigenvalue weighted by molar-refractivity contribution is -0.137. The van der Waals surface area contributed by atoms with Crippen LogP contribution in [0.3, 0.4) is 0 Å². The van der Waals surface area contributed by atoms with Crippen LogP contribution in [0.25, 0.3) is 0 Å². The minimum atomic E-state index is -0.974. The van der Waals surface area contributed by atoms with Crippen molar-refractivity contribution in [3.63, 3.8) is 0 Å². The molecular formula is C15H27N3O6. The van der Waals surface area contributed by atoms with Crippen molar-refractivity contribution in [1.82, 2.24) is 16.0 Å². The highest BCUT2D eigenvalue weighted by atomic mass is 16.4. The molecule has 24 heavy (non-hydrogen) atoms. The highest BCUT2D eigenvalue weighted by Crippen LogP contribution is 2.34. The summed E-state index contributed by atoms with van der Waals surface area (Å²) >= 11 is 0. The molecule has 0 unspecified atom stereocenters. The smallest absolute Gasteiger partial charge is 0.317 e. The Morgan fingerprint density at radius 1 is 0.625 bits per heavy atom. The van der Waals surface area contributed by atoms with Gasteiger partial charge in [0.1, 0.15) is 0 Å². The number of carboxylic acid groups (broad SMARTS) is 3. The molecule has 0 spiro atoms. The Morgan fingerprint density at radius 3 is 1.00 bits per heavy atom. The fraction of sp³-hybridized carbons (Fsp3) is 0.800. The lowest BCUT2D eigenvalue weighted by Gasteiger charge is -2.49. The third-order valence-corrected chi connectivity index (χ3v) is 4.87. The number of rotatable bonds is 9. The first kappa shape index (κ1) is 20.3. The second-order valence-electron chi connectivity index (χ2n) is 6.48. The van der Waals surface area contributed by atoms with Gasteiger partial charge >= 0.3 is 17.9 Å². The molecule has 0 heterocycles. The summed E-state index contributed by atoms with van der Waals surface area (Å²) in [7, 11) is 0. The van der Waals surface area contributed by atoms with Crippen molar-refractivity contribution >= 4 is 17.9 Å². The second kappa shape index (κ2) is 8.95. The standard InChI is InChI=1S/C15H27N3O6/c1-7-13(16-4-10(19)20)8(2)15(18-6-12(23)24)9(3)14(7)17-5-11(21)22/h7-9,13-18H,4-6H2,1-3H3,(H,19,20)(H,21,22)(H,23,24). The highest BCUT2D eigenvalue weighted by Gasteiger charge is 2.45. The van der Waals surface area contributed by atoms with Crippen LogP contribution in [0, 0.1) is 17.8 Å². The summed E-state index contributed by atoms with van der Waals surface area (Å²) in [6.45, 7) is 5.22. The molecule has 1 rings (SSSR count). The predicted octanol–water partition coefficient (Wildman–Crippen LogP) is -0.963. The van der Waals surface area contributed by atoms with Gasteiger partial charge < -0.3 is 31.3 Å². The van der Waals surface area contributed by atoms with Crippen molar-refractivity contribution in [2.75, 3.05) is 19.6 Å². The molecule has 0 aromatic carbocycles. The molecule has 1 fully saturated rings. The van der Waals surface area contributed by atoms with Gasteiger partial charge in [0.05, 0.1) is 19.6 Å². The van der Waals surface area contributed by atoms with E-state index in [1.807, 2.05) is 20.8 Å². The van der Waals surface area contributed by atoms with Gasteiger partial charge in [-0.15, -0.1) is 0 Å². The lowest BCUT2D eigenvalue weighted by atomic mass is 9.67. The van der Waals surface area contributed by atoms with Gasteiger partial charge in [0.2, 0.25) is 0 Å². The van der Waals surface area contributed by atoms with Gasteiger partial charge in [0.15, 0.2) is 0 Å². The average molecular weight is 345 g/mol. The van der Waals surface area contributed by atoms with Crippen molar-refractivity contribution in [3.05, 3.63) is 0 Å². The van der Waals surface area contributed by atoms with Crippen LogP contribution < -0.4 is 16.0 Å². The summed E-state index contributed by atoms with van der Waals surface area (Å²) in [5.41, 5.74) is 0. The van der Waals surface area contributed by atoms with Crippen LogP contribution in [0.4, 0.5) is 0 Å².